The summed E-state index contributed by atoms with van der Waals surface area (Å²) in [5.74, 6) is -1.19. The Morgan fingerprint density at radius 3 is 2.53 bits per heavy atom. The smallest absolute Gasteiger partial charge is 0.410 e. The molecule has 2 aliphatic carbocycles. The maximum absolute atomic E-state index is 13.0. The zero-order valence-electron chi connectivity index (χ0n) is 21.4. The first-order valence-electron chi connectivity index (χ1n) is 12.5. The van der Waals surface area contributed by atoms with Gasteiger partial charge in [-0.05, 0) is 94.7 Å². The van der Waals surface area contributed by atoms with Gasteiger partial charge in [-0.25, -0.2) is 9.59 Å². The fraction of sp³-hybridized carbons (Fsp3) is 0.464. The Kier molecular flexibility index (Phi) is 5.98. The molecule has 36 heavy (non-hydrogen) atoms. The maximum atomic E-state index is 13.0. The van der Waals surface area contributed by atoms with Gasteiger partial charge in [-0.3, -0.25) is 4.79 Å². The third-order valence-electron chi connectivity index (χ3n) is 7.05. The normalized spacial score (nSPS) is 17.6. The lowest BCUT2D eigenvalue weighted by atomic mass is 9.92. The Balaban J connectivity index is 1.58. The number of carboxylic acid groups (broad SMARTS) is 1. The number of aromatic nitrogens is 1. The molecule has 0 bridgehead atoms. The minimum atomic E-state index is -1.19. The first-order chi connectivity index (χ1) is 16.9. The zero-order chi connectivity index (χ0) is 25.9. The Labute approximate surface area is 214 Å². The lowest BCUT2D eigenvalue weighted by Gasteiger charge is -2.33. The second-order valence-corrected chi connectivity index (χ2v) is 12.1. The van der Waals surface area contributed by atoms with Gasteiger partial charge in [-0.2, -0.15) is 0 Å². The van der Waals surface area contributed by atoms with Crippen molar-refractivity contribution in [2.24, 2.45) is 0 Å². The highest BCUT2D eigenvalue weighted by molar-refractivity contribution is 7.15. The summed E-state index contributed by atoms with van der Waals surface area (Å²) in [7, 11) is 1.81. The lowest BCUT2D eigenvalue weighted by Crippen LogP contribution is -2.37. The first kappa shape index (κ1) is 24.6. The largest absolute Gasteiger partial charge is 0.477 e. The number of rotatable bonds is 4. The molecule has 2 heterocycles. The zero-order valence-corrected chi connectivity index (χ0v) is 22.2. The number of ether oxygens (including phenoxy) is 1. The molecule has 1 fully saturated rings. The van der Waals surface area contributed by atoms with Crippen molar-refractivity contribution in [1.82, 2.24) is 9.47 Å². The van der Waals surface area contributed by atoms with Crippen LogP contribution in [-0.4, -0.2) is 39.3 Å². The summed E-state index contributed by atoms with van der Waals surface area (Å²) in [6.45, 7) is 7.58. The van der Waals surface area contributed by atoms with Crippen LogP contribution in [0.15, 0.2) is 29.2 Å². The number of pyridine rings is 1. The van der Waals surface area contributed by atoms with E-state index in [1.54, 1.807) is 23.3 Å². The van der Waals surface area contributed by atoms with Crippen molar-refractivity contribution in [2.75, 3.05) is 7.05 Å². The number of benzene rings is 1. The average molecular weight is 509 g/mol. The molecule has 1 saturated carbocycles. The van der Waals surface area contributed by atoms with Crippen molar-refractivity contribution >= 4 is 34.3 Å². The minimum absolute atomic E-state index is 0.0443. The van der Waals surface area contributed by atoms with Crippen molar-refractivity contribution < 1.29 is 19.4 Å². The van der Waals surface area contributed by atoms with E-state index in [0.29, 0.717) is 5.39 Å². The van der Waals surface area contributed by atoms with Crippen LogP contribution < -0.4 is 5.43 Å². The quantitative estimate of drug-likeness (QED) is 0.446. The van der Waals surface area contributed by atoms with Gasteiger partial charge in [0.15, 0.2) is 0 Å². The summed E-state index contributed by atoms with van der Waals surface area (Å²) < 4.78 is 7.59. The molecule has 190 valence electrons. The highest BCUT2D eigenvalue weighted by Gasteiger charge is 2.32. The summed E-state index contributed by atoms with van der Waals surface area (Å²) in [5, 5.41) is 10.0. The predicted octanol–water partition coefficient (Wildman–Crippen LogP) is 6.32. The molecular formula is C28H32N2O5S. The third kappa shape index (κ3) is 4.43. The molecule has 2 aromatic heterocycles. The van der Waals surface area contributed by atoms with Gasteiger partial charge >= 0.3 is 12.1 Å². The van der Waals surface area contributed by atoms with Crippen LogP contribution in [0.1, 0.15) is 84.9 Å². The summed E-state index contributed by atoms with van der Waals surface area (Å²) in [6, 6.07) is 6.24. The second kappa shape index (κ2) is 8.76. The first-order valence-corrected chi connectivity index (χ1v) is 13.3. The number of hydrogen-bond donors (Lipinski definition) is 1. The Hall–Kier alpha value is -3.13. The predicted molar refractivity (Wildman–Crippen MR) is 141 cm³/mol. The van der Waals surface area contributed by atoms with Gasteiger partial charge in [-0.1, -0.05) is 0 Å². The molecule has 5 rings (SSSR count). The molecule has 7 nitrogen and oxygen atoms in total. The molecule has 0 aliphatic heterocycles. The molecule has 1 N–H and O–H groups in total. The van der Waals surface area contributed by atoms with E-state index in [0.717, 1.165) is 59.2 Å². The topological polar surface area (TPSA) is 88.8 Å². The van der Waals surface area contributed by atoms with Gasteiger partial charge in [0.05, 0.1) is 11.6 Å². The van der Waals surface area contributed by atoms with Crippen LogP contribution in [0.4, 0.5) is 4.79 Å². The standard InChI is InChI=1S/C28H32N2O5S/c1-15-11-19-22(30(16-9-10-16)14-20(25(19)31)26(32)33)12-17(15)24-13-18-21(7-6-8-23(18)36-24)29(5)27(34)35-28(2,3)4/h11-14,16,21H,6-10H2,1-5H3,(H,32,33). The molecule has 3 aromatic rings. The fourth-order valence-corrected chi connectivity index (χ4v) is 6.45. The maximum Gasteiger partial charge on any atom is 0.410 e. The van der Waals surface area contributed by atoms with Crippen LogP contribution in [0.3, 0.4) is 0 Å². The summed E-state index contributed by atoms with van der Waals surface area (Å²) in [5.41, 5.74) is 2.74. The lowest BCUT2D eigenvalue weighted by molar-refractivity contribution is 0.0205. The highest BCUT2D eigenvalue weighted by atomic mass is 32.1. The molecule has 1 aromatic carbocycles. The number of amides is 1. The van der Waals surface area contributed by atoms with E-state index in [4.69, 9.17) is 4.74 Å². The van der Waals surface area contributed by atoms with Crippen molar-refractivity contribution in [3.8, 4) is 10.4 Å². The van der Waals surface area contributed by atoms with Crippen LogP contribution in [-0.2, 0) is 11.2 Å². The SMILES string of the molecule is Cc1cc2c(=O)c(C(=O)O)cn(C3CC3)c2cc1-c1cc2c(s1)CCCC2N(C)C(=O)OC(C)(C)C. The van der Waals surface area contributed by atoms with Gasteiger partial charge < -0.3 is 19.3 Å². The van der Waals surface area contributed by atoms with E-state index in [2.05, 4.69) is 6.07 Å². The van der Waals surface area contributed by atoms with E-state index in [9.17, 15) is 19.5 Å². The molecule has 1 amide bonds. The van der Waals surface area contributed by atoms with Crippen LogP contribution in [0.2, 0.25) is 0 Å². The molecule has 0 radical (unpaired) electrons. The van der Waals surface area contributed by atoms with E-state index in [-0.39, 0.29) is 23.7 Å². The molecule has 1 atom stereocenters. The van der Waals surface area contributed by atoms with E-state index >= 15 is 0 Å². The van der Waals surface area contributed by atoms with Crippen LogP contribution in [0, 0.1) is 6.92 Å². The minimum Gasteiger partial charge on any atom is -0.477 e. The van der Waals surface area contributed by atoms with Gasteiger partial charge in [0.25, 0.3) is 0 Å². The number of carbonyl (C=O) groups excluding carboxylic acids is 1. The van der Waals surface area contributed by atoms with Crippen LogP contribution in [0.5, 0.6) is 0 Å². The summed E-state index contributed by atoms with van der Waals surface area (Å²) in [6.07, 6.45) is 6.00. The number of thiophene rings is 1. The molecule has 2 aliphatic rings. The number of hydrogen-bond acceptors (Lipinski definition) is 5. The van der Waals surface area contributed by atoms with Crippen molar-refractivity contribution in [3.05, 3.63) is 56.2 Å². The Morgan fingerprint density at radius 1 is 1.17 bits per heavy atom. The van der Waals surface area contributed by atoms with Crippen molar-refractivity contribution in [2.45, 2.75) is 77.5 Å². The Morgan fingerprint density at radius 2 is 1.89 bits per heavy atom. The number of fused-ring (bicyclic) bond motifs is 2. The molecule has 0 spiro atoms. The van der Waals surface area contributed by atoms with Gasteiger partial charge in [-0.15, -0.1) is 11.3 Å². The van der Waals surface area contributed by atoms with E-state index < -0.39 is 17.0 Å². The monoisotopic (exact) mass is 508 g/mol. The number of aryl methyl sites for hydroxylation is 2. The average Bonchev–Trinajstić information content (AvgIpc) is 3.54. The van der Waals surface area contributed by atoms with E-state index in [1.807, 2.05) is 44.4 Å². The molecule has 8 heteroatoms. The van der Waals surface area contributed by atoms with Crippen molar-refractivity contribution in [1.29, 1.82) is 0 Å². The molecular weight excluding hydrogens is 476 g/mol. The highest BCUT2D eigenvalue weighted by Crippen LogP contribution is 2.44. The summed E-state index contributed by atoms with van der Waals surface area (Å²) in [4.78, 5) is 41.6. The van der Waals surface area contributed by atoms with Crippen LogP contribution >= 0.6 is 11.3 Å². The third-order valence-corrected chi connectivity index (χ3v) is 8.29. The van der Waals surface area contributed by atoms with Gasteiger partial charge in [0, 0.05) is 34.4 Å². The number of carbonyl (C=O) groups is 2. The fourth-order valence-electron chi connectivity index (χ4n) is 5.10. The molecule has 1 unspecified atom stereocenters. The Bertz CT molecular complexity index is 1440. The van der Waals surface area contributed by atoms with Crippen LogP contribution in [0.25, 0.3) is 21.3 Å². The summed E-state index contributed by atoms with van der Waals surface area (Å²) >= 11 is 1.74. The number of carboxylic acids is 1. The number of nitrogens with zero attached hydrogens (tertiary/aromatic N) is 2. The molecule has 0 saturated heterocycles. The van der Waals surface area contributed by atoms with Gasteiger partial charge in [0.1, 0.15) is 11.2 Å². The number of aromatic carboxylic acids is 1. The van der Waals surface area contributed by atoms with Gasteiger partial charge in [0.2, 0.25) is 5.43 Å². The van der Waals surface area contributed by atoms with Crippen molar-refractivity contribution in [3.63, 3.8) is 0 Å². The van der Waals surface area contributed by atoms with E-state index in [1.165, 1.54) is 11.1 Å². The second-order valence-electron chi connectivity index (χ2n) is 11.0.